The molecule has 0 bridgehead atoms. The minimum atomic E-state index is 0.568. The van der Waals surface area contributed by atoms with Crippen LogP contribution in [0.4, 0.5) is 0 Å². The van der Waals surface area contributed by atoms with Gasteiger partial charge in [0.1, 0.15) is 17.0 Å². The first-order valence-electron chi connectivity index (χ1n) is 4.70. The van der Waals surface area contributed by atoms with Crippen molar-refractivity contribution in [3.8, 4) is 22.2 Å². The normalized spacial score (nSPS) is 10.5. The topological polar surface area (TPSA) is 51.8 Å². The number of thiazole rings is 1. The number of hydrogen-bond donors (Lipinski definition) is 0. The molecule has 0 aliphatic heterocycles. The van der Waals surface area contributed by atoms with Crippen LogP contribution in [0.15, 0.2) is 46.8 Å². The first-order valence-corrected chi connectivity index (χ1v) is 5.58. The minimum absolute atomic E-state index is 0.568. The van der Waals surface area contributed by atoms with E-state index in [1.807, 2.05) is 17.5 Å². The molecule has 0 saturated carbocycles. The third-order valence-corrected chi connectivity index (χ3v) is 2.89. The summed E-state index contributed by atoms with van der Waals surface area (Å²) in [4.78, 5) is 12.7. The number of rotatable bonds is 2. The van der Waals surface area contributed by atoms with Gasteiger partial charge in [0.15, 0.2) is 0 Å². The molecule has 0 atom stereocenters. The van der Waals surface area contributed by atoms with Gasteiger partial charge in [-0.3, -0.25) is 4.98 Å². The van der Waals surface area contributed by atoms with Gasteiger partial charge in [0.2, 0.25) is 5.89 Å². The molecule has 78 valence electrons. The Balaban J connectivity index is 2.19. The summed E-state index contributed by atoms with van der Waals surface area (Å²) >= 11 is 1.54. The monoisotopic (exact) mass is 229 g/mol. The molecular formula is C11H7N3OS. The third-order valence-electron chi connectivity index (χ3n) is 2.11. The first kappa shape index (κ1) is 9.23. The Bertz CT molecular complexity index is 522. The highest BCUT2D eigenvalue weighted by Crippen LogP contribution is 2.29. The highest BCUT2D eigenvalue weighted by molar-refractivity contribution is 7.13. The van der Waals surface area contributed by atoms with Gasteiger partial charge < -0.3 is 4.42 Å². The van der Waals surface area contributed by atoms with E-state index < -0.39 is 0 Å². The maximum absolute atomic E-state index is 5.28. The smallest absolute Gasteiger partial charge is 0.228 e. The SMILES string of the molecule is c1cnc(-c2nccs2)c(-c2ncco2)c1. The van der Waals surface area contributed by atoms with Crippen molar-refractivity contribution in [2.45, 2.75) is 0 Å². The molecule has 0 radical (unpaired) electrons. The predicted octanol–water partition coefficient (Wildman–Crippen LogP) is 2.86. The molecule has 3 aromatic rings. The van der Waals surface area contributed by atoms with Gasteiger partial charge in [0, 0.05) is 17.8 Å². The van der Waals surface area contributed by atoms with Crippen LogP contribution in [0.2, 0.25) is 0 Å². The Morgan fingerprint density at radius 3 is 2.81 bits per heavy atom. The summed E-state index contributed by atoms with van der Waals surface area (Å²) in [6.45, 7) is 0. The summed E-state index contributed by atoms with van der Waals surface area (Å²) in [5, 5.41) is 2.79. The molecule has 0 aliphatic carbocycles. The van der Waals surface area contributed by atoms with Crippen molar-refractivity contribution in [3.63, 3.8) is 0 Å². The van der Waals surface area contributed by atoms with E-state index in [1.54, 1.807) is 36.2 Å². The lowest BCUT2D eigenvalue weighted by atomic mass is 10.2. The van der Waals surface area contributed by atoms with Crippen LogP contribution in [0.1, 0.15) is 0 Å². The van der Waals surface area contributed by atoms with Crippen LogP contribution in [0.3, 0.4) is 0 Å². The molecule has 0 aliphatic rings. The molecule has 3 aromatic heterocycles. The molecule has 0 saturated heterocycles. The quantitative estimate of drug-likeness (QED) is 0.678. The third kappa shape index (κ3) is 1.51. The van der Waals surface area contributed by atoms with Crippen LogP contribution in [-0.4, -0.2) is 15.0 Å². The van der Waals surface area contributed by atoms with E-state index in [1.165, 1.54) is 0 Å². The zero-order valence-electron chi connectivity index (χ0n) is 8.20. The highest BCUT2D eigenvalue weighted by atomic mass is 32.1. The fourth-order valence-electron chi connectivity index (χ4n) is 1.45. The molecule has 5 heteroatoms. The van der Waals surface area contributed by atoms with Crippen LogP contribution in [0.5, 0.6) is 0 Å². The maximum Gasteiger partial charge on any atom is 0.228 e. The summed E-state index contributed by atoms with van der Waals surface area (Å²) in [6.07, 6.45) is 6.67. The predicted molar refractivity (Wildman–Crippen MR) is 60.8 cm³/mol. The van der Waals surface area contributed by atoms with E-state index in [0.717, 1.165) is 16.3 Å². The Labute approximate surface area is 95.6 Å². The van der Waals surface area contributed by atoms with Crippen molar-refractivity contribution in [1.29, 1.82) is 0 Å². The number of nitrogens with zero attached hydrogens (tertiary/aromatic N) is 3. The largest absolute Gasteiger partial charge is 0.444 e. The second-order valence-corrected chi connectivity index (χ2v) is 3.97. The van der Waals surface area contributed by atoms with Gasteiger partial charge in [0.05, 0.1) is 11.8 Å². The van der Waals surface area contributed by atoms with Gasteiger partial charge >= 0.3 is 0 Å². The van der Waals surface area contributed by atoms with Gasteiger partial charge in [-0.1, -0.05) is 0 Å². The summed E-state index contributed by atoms with van der Waals surface area (Å²) in [5.41, 5.74) is 1.67. The molecule has 0 spiro atoms. The van der Waals surface area contributed by atoms with Gasteiger partial charge in [-0.05, 0) is 12.1 Å². The van der Waals surface area contributed by atoms with Crippen molar-refractivity contribution in [2.24, 2.45) is 0 Å². The Hall–Kier alpha value is -2.01. The van der Waals surface area contributed by atoms with Crippen molar-refractivity contribution < 1.29 is 4.42 Å². The zero-order valence-corrected chi connectivity index (χ0v) is 9.02. The Morgan fingerprint density at radius 2 is 2.06 bits per heavy atom. The standard InChI is InChI=1S/C11H7N3OS/c1-2-8(10-13-4-6-15-10)9(12-3-1)11-14-5-7-16-11/h1-7H. The molecule has 16 heavy (non-hydrogen) atoms. The van der Waals surface area contributed by atoms with Crippen molar-refractivity contribution in [1.82, 2.24) is 15.0 Å². The van der Waals surface area contributed by atoms with E-state index >= 15 is 0 Å². The van der Waals surface area contributed by atoms with Crippen LogP contribution in [0, 0.1) is 0 Å². The van der Waals surface area contributed by atoms with Crippen molar-refractivity contribution in [2.75, 3.05) is 0 Å². The van der Waals surface area contributed by atoms with E-state index in [-0.39, 0.29) is 0 Å². The Kier molecular flexibility index (Phi) is 2.23. The number of oxazole rings is 1. The van der Waals surface area contributed by atoms with E-state index in [9.17, 15) is 0 Å². The molecule has 0 aromatic carbocycles. The van der Waals surface area contributed by atoms with Crippen molar-refractivity contribution in [3.05, 3.63) is 42.4 Å². The molecule has 0 N–H and O–H groups in total. The average Bonchev–Trinajstić information content (AvgIpc) is 3.03. The lowest BCUT2D eigenvalue weighted by molar-refractivity contribution is 0.574. The fourth-order valence-corrected chi connectivity index (χ4v) is 2.09. The van der Waals surface area contributed by atoms with Crippen molar-refractivity contribution >= 4 is 11.3 Å². The van der Waals surface area contributed by atoms with Crippen LogP contribution >= 0.6 is 11.3 Å². The summed E-state index contributed by atoms with van der Waals surface area (Å²) in [7, 11) is 0. The van der Waals surface area contributed by atoms with E-state index in [2.05, 4.69) is 15.0 Å². The maximum atomic E-state index is 5.28. The summed E-state index contributed by atoms with van der Waals surface area (Å²) in [6, 6.07) is 3.78. The van der Waals surface area contributed by atoms with E-state index in [0.29, 0.717) is 5.89 Å². The number of pyridine rings is 1. The second-order valence-electron chi connectivity index (χ2n) is 3.07. The summed E-state index contributed by atoms with van der Waals surface area (Å²) < 4.78 is 5.28. The zero-order chi connectivity index (χ0) is 10.8. The fraction of sp³-hybridized carbons (Fsp3) is 0. The van der Waals surface area contributed by atoms with Crippen LogP contribution in [-0.2, 0) is 0 Å². The van der Waals surface area contributed by atoms with Gasteiger partial charge in [-0.25, -0.2) is 9.97 Å². The van der Waals surface area contributed by atoms with E-state index in [4.69, 9.17) is 4.42 Å². The summed E-state index contributed by atoms with van der Waals surface area (Å²) in [5.74, 6) is 0.568. The van der Waals surface area contributed by atoms with Crippen LogP contribution in [0.25, 0.3) is 22.2 Å². The molecule has 3 heterocycles. The lowest BCUT2D eigenvalue weighted by Gasteiger charge is -2.01. The minimum Gasteiger partial charge on any atom is -0.444 e. The highest BCUT2D eigenvalue weighted by Gasteiger charge is 2.13. The molecule has 0 fully saturated rings. The van der Waals surface area contributed by atoms with Crippen LogP contribution < -0.4 is 0 Å². The average molecular weight is 229 g/mol. The molecule has 4 nitrogen and oxygen atoms in total. The number of aromatic nitrogens is 3. The molecular weight excluding hydrogens is 222 g/mol. The molecule has 0 unspecified atom stereocenters. The molecule has 0 amide bonds. The van der Waals surface area contributed by atoms with Gasteiger partial charge in [-0.2, -0.15) is 0 Å². The Morgan fingerprint density at radius 1 is 1.06 bits per heavy atom. The van der Waals surface area contributed by atoms with Gasteiger partial charge in [0.25, 0.3) is 0 Å². The number of hydrogen-bond acceptors (Lipinski definition) is 5. The molecule has 3 rings (SSSR count). The lowest BCUT2D eigenvalue weighted by Crippen LogP contribution is -1.87. The van der Waals surface area contributed by atoms with Gasteiger partial charge in [-0.15, -0.1) is 11.3 Å². The second kappa shape index (κ2) is 3.86. The first-order chi connectivity index (χ1) is 7.95.